The van der Waals surface area contributed by atoms with Crippen molar-refractivity contribution in [3.05, 3.63) is 41.7 Å². The average molecular weight is 347 g/mol. The molecule has 3 heterocycles. The lowest BCUT2D eigenvalue weighted by Gasteiger charge is -2.00. The van der Waals surface area contributed by atoms with Crippen LogP contribution in [0.1, 0.15) is 12.6 Å². The first-order valence-corrected chi connectivity index (χ1v) is 9.57. The Balaban J connectivity index is 1.52. The summed E-state index contributed by atoms with van der Waals surface area (Å²) in [7, 11) is 0. The van der Waals surface area contributed by atoms with Gasteiger partial charge in [0.25, 0.3) is 0 Å². The molecule has 0 aliphatic carbocycles. The maximum atomic E-state index is 5.54. The van der Waals surface area contributed by atoms with Crippen LogP contribution in [0.5, 0.6) is 5.75 Å². The zero-order valence-corrected chi connectivity index (χ0v) is 14.3. The highest BCUT2D eigenvalue weighted by Crippen LogP contribution is 2.33. The molecular formula is C15H13N3OS3. The minimum atomic E-state index is 0.684. The monoisotopic (exact) mass is 347 g/mol. The first-order chi connectivity index (χ1) is 10.8. The van der Waals surface area contributed by atoms with Gasteiger partial charge in [-0.1, -0.05) is 11.8 Å². The fourth-order valence-electron chi connectivity index (χ4n) is 2.18. The van der Waals surface area contributed by atoms with Crippen molar-refractivity contribution in [3.63, 3.8) is 0 Å². The van der Waals surface area contributed by atoms with E-state index in [-0.39, 0.29) is 0 Å². The van der Waals surface area contributed by atoms with E-state index in [9.17, 15) is 0 Å². The van der Waals surface area contributed by atoms with Crippen LogP contribution in [0, 0.1) is 0 Å². The van der Waals surface area contributed by atoms with Gasteiger partial charge in [0, 0.05) is 23.5 Å². The molecule has 4 nitrogen and oxygen atoms in total. The molecule has 0 spiro atoms. The van der Waals surface area contributed by atoms with Crippen molar-refractivity contribution < 1.29 is 4.74 Å². The van der Waals surface area contributed by atoms with E-state index >= 15 is 0 Å². The molecule has 22 heavy (non-hydrogen) atoms. The van der Waals surface area contributed by atoms with E-state index in [4.69, 9.17) is 4.74 Å². The molecule has 0 N–H and O–H groups in total. The predicted molar refractivity (Wildman–Crippen MR) is 93.4 cm³/mol. The summed E-state index contributed by atoms with van der Waals surface area (Å²) in [4.78, 5) is 10.3. The smallest absolute Gasteiger partial charge is 0.193 e. The first-order valence-electron chi connectivity index (χ1n) is 6.89. The van der Waals surface area contributed by atoms with E-state index in [1.165, 1.54) is 4.70 Å². The van der Waals surface area contributed by atoms with E-state index in [0.29, 0.717) is 6.61 Å². The number of thiazole rings is 2. The molecule has 4 aromatic rings. The number of benzene rings is 1. The average Bonchev–Trinajstić information content (AvgIpc) is 3.18. The summed E-state index contributed by atoms with van der Waals surface area (Å²) in [5.41, 5.74) is 2.12. The zero-order chi connectivity index (χ0) is 14.9. The van der Waals surface area contributed by atoms with Crippen LogP contribution in [0.25, 0.3) is 15.2 Å². The van der Waals surface area contributed by atoms with Crippen LogP contribution in [-0.2, 0) is 5.75 Å². The lowest BCUT2D eigenvalue weighted by atomic mass is 10.3. The van der Waals surface area contributed by atoms with Gasteiger partial charge in [-0.25, -0.2) is 9.97 Å². The fraction of sp³-hybridized carbons (Fsp3) is 0.200. The van der Waals surface area contributed by atoms with Crippen LogP contribution >= 0.6 is 34.4 Å². The van der Waals surface area contributed by atoms with Crippen LogP contribution in [0.3, 0.4) is 0 Å². The molecule has 1 aromatic carbocycles. The lowest BCUT2D eigenvalue weighted by Crippen LogP contribution is -1.89. The Morgan fingerprint density at radius 3 is 3.14 bits per heavy atom. The number of fused-ring (bicyclic) bond motifs is 2. The van der Waals surface area contributed by atoms with Crippen molar-refractivity contribution >= 4 is 49.6 Å². The summed E-state index contributed by atoms with van der Waals surface area (Å²) in [5, 5.41) is 2.04. The number of hydrogen-bond acceptors (Lipinski definition) is 6. The summed E-state index contributed by atoms with van der Waals surface area (Å²) in [6.45, 7) is 2.68. The van der Waals surface area contributed by atoms with Crippen LogP contribution in [-0.4, -0.2) is 21.0 Å². The molecular weight excluding hydrogens is 334 g/mol. The van der Waals surface area contributed by atoms with E-state index in [1.807, 2.05) is 30.6 Å². The third-order valence-electron chi connectivity index (χ3n) is 3.14. The Morgan fingerprint density at radius 2 is 2.27 bits per heavy atom. The molecule has 0 aliphatic rings. The molecule has 0 saturated carbocycles. The SMILES string of the molecule is CCOc1ccc2nc(SCc3cn4ccsc4n3)sc2c1. The largest absolute Gasteiger partial charge is 0.494 e. The fourth-order valence-corrected chi connectivity index (χ4v) is 4.88. The highest BCUT2D eigenvalue weighted by atomic mass is 32.2. The number of thioether (sulfide) groups is 1. The number of hydrogen-bond donors (Lipinski definition) is 0. The van der Waals surface area contributed by atoms with Crippen LogP contribution in [0.4, 0.5) is 0 Å². The summed E-state index contributed by atoms with van der Waals surface area (Å²) >= 11 is 5.09. The Bertz CT molecular complexity index is 896. The molecule has 0 saturated heterocycles. The van der Waals surface area contributed by atoms with Crippen LogP contribution in [0.15, 0.2) is 40.3 Å². The highest BCUT2D eigenvalue weighted by Gasteiger charge is 2.08. The third kappa shape index (κ3) is 2.71. The van der Waals surface area contributed by atoms with Crippen molar-refractivity contribution in [3.8, 4) is 5.75 Å². The van der Waals surface area contributed by atoms with Gasteiger partial charge in [-0.15, -0.1) is 22.7 Å². The Hall–Kier alpha value is -1.57. The lowest BCUT2D eigenvalue weighted by molar-refractivity contribution is 0.341. The van der Waals surface area contributed by atoms with Gasteiger partial charge in [0.2, 0.25) is 0 Å². The van der Waals surface area contributed by atoms with Crippen LogP contribution < -0.4 is 4.74 Å². The van der Waals surface area contributed by atoms with Crippen molar-refractivity contribution in [2.45, 2.75) is 17.0 Å². The second kappa shape index (κ2) is 5.91. The van der Waals surface area contributed by atoms with E-state index in [2.05, 4.69) is 26.6 Å². The molecule has 0 bridgehead atoms. The maximum Gasteiger partial charge on any atom is 0.193 e. The molecule has 0 radical (unpaired) electrons. The molecule has 0 amide bonds. The number of ether oxygens (including phenoxy) is 1. The number of aromatic nitrogens is 3. The Kier molecular flexibility index (Phi) is 3.77. The summed E-state index contributed by atoms with van der Waals surface area (Å²) < 4.78 is 9.84. The van der Waals surface area contributed by atoms with E-state index < -0.39 is 0 Å². The molecule has 7 heteroatoms. The number of imidazole rings is 1. The van der Waals surface area contributed by atoms with Gasteiger partial charge in [0.05, 0.1) is 22.5 Å². The standard InChI is InChI=1S/C15H13N3OS3/c1-2-19-11-3-4-12-13(7-11)22-15(17-12)21-9-10-8-18-5-6-20-14(18)16-10/h3-8H,2,9H2,1H3. The summed E-state index contributed by atoms with van der Waals surface area (Å²) in [6.07, 6.45) is 4.12. The van der Waals surface area contributed by atoms with Gasteiger partial charge in [0.15, 0.2) is 9.30 Å². The quantitative estimate of drug-likeness (QED) is 0.491. The molecule has 0 unspecified atom stereocenters. The minimum absolute atomic E-state index is 0.684. The molecule has 0 aliphatic heterocycles. The topological polar surface area (TPSA) is 39.4 Å². The van der Waals surface area contributed by atoms with Crippen molar-refractivity contribution in [1.82, 2.24) is 14.4 Å². The van der Waals surface area contributed by atoms with Gasteiger partial charge < -0.3 is 4.74 Å². The predicted octanol–water partition coefficient (Wildman–Crippen LogP) is 4.70. The molecule has 4 rings (SSSR count). The van der Waals surface area contributed by atoms with E-state index in [0.717, 1.165) is 32.0 Å². The highest BCUT2D eigenvalue weighted by molar-refractivity contribution is 8.00. The second-order valence-electron chi connectivity index (χ2n) is 4.66. The first kappa shape index (κ1) is 14.0. The minimum Gasteiger partial charge on any atom is -0.494 e. The molecule has 112 valence electrons. The Morgan fingerprint density at radius 1 is 1.32 bits per heavy atom. The molecule has 3 aromatic heterocycles. The van der Waals surface area contributed by atoms with Crippen molar-refractivity contribution in [1.29, 1.82) is 0 Å². The third-order valence-corrected chi connectivity index (χ3v) is 6.10. The van der Waals surface area contributed by atoms with E-state index in [1.54, 1.807) is 34.4 Å². The number of rotatable bonds is 5. The zero-order valence-electron chi connectivity index (χ0n) is 11.9. The summed E-state index contributed by atoms with van der Waals surface area (Å²) in [6, 6.07) is 6.06. The van der Waals surface area contributed by atoms with Gasteiger partial charge in [0.1, 0.15) is 5.75 Å². The number of nitrogens with zero attached hydrogens (tertiary/aromatic N) is 3. The second-order valence-corrected chi connectivity index (χ2v) is 7.78. The molecule has 0 atom stereocenters. The normalized spacial score (nSPS) is 11.5. The van der Waals surface area contributed by atoms with Crippen molar-refractivity contribution in [2.24, 2.45) is 0 Å². The van der Waals surface area contributed by atoms with Gasteiger partial charge >= 0.3 is 0 Å². The van der Waals surface area contributed by atoms with Crippen LogP contribution in [0.2, 0.25) is 0 Å². The molecule has 0 fully saturated rings. The van der Waals surface area contributed by atoms with Crippen molar-refractivity contribution in [2.75, 3.05) is 6.61 Å². The Labute approximate surface area is 139 Å². The van der Waals surface area contributed by atoms with Gasteiger partial charge in [-0.3, -0.25) is 4.40 Å². The maximum absolute atomic E-state index is 5.54. The van der Waals surface area contributed by atoms with Gasteiger partial charge in [-0.2, -0.15) is 0 Å². The van der Waals surface area contributed by atoms with Gasteiger partial charge in [-0.05, 0) is 25.1 Å². The summed E-state index contributed by atoms with van der Waals surface area (Å²) in [5.74, 6) is 1.75.